The minimum absolute atomic E-state index is 0.644. The summed E-state index contributed by atoms with van der Waals surface area (Å²) in [6, 6.07) is 17.9. The van der Waals surface area contributed by atoms with Crippen LogP contribution in [0.2, 0.25) is 5.02 Å². The Morgan fingerprint density at radius 2 is 1.82 bits per heavy atom. The molecule has 0 spiro atoms. The lowest BCUT2D eigenvalue weighted by Crippen LogP contribution is -2.00. The lowest BCUT2D eigenvalue weighted by molar-refractivity contribution is 0.731. The van der Waals surface area contributed by atoms with Crippen LogP contribution in [0.4, 0.5) is 0 Å². The van der Waals surface area contributed by atoms with Gasteiger partial charge in [0.15, 0.2) is 11.0 Å². The Bertz CT molecular complexity index is 1050. The van der Waals surface area contributed by atoms with Crippen molar-refractivity contribution in [2.45, 2.75) is 17.5 Å². The van der Waals surface area contributed by atoms with Gasteiger partial charge in [-0.15, -0.1) is 16.8 Å². The Kier molecular flexibility index (Phi) is 5.60. The van der Waals surface area contributed by atoms with Gasteiger partial charge in [0.05, 0.1) is 5.69 Å². The second-order valence-electron chi connectivity index (χ2n) is 6.12. The van der Waals surface area contributed by atoms with Gasteiger partial charge in [-0.3, -0.25) is 4.57 Å². The van der Waals surface area contributed by atoms with E-state index in [2.05, 4.69) is 50.7 Å². The molecule has 0 fully saturated rings. The molecular weight excluding hydrogens is 390 g/mol. The number of hydrogen-bond donors (Lipinski definition) is 0. The molecule has 4 rings (SSSR count). The summed E-state index contributed by atoms with van der Waals surface area (Å²) in [5, 5.41) is 14.6. The number of halogens is 1. The fourth-order valence-corrected chi connectivity index (χ4v) is 3.85. The van der Waals surface area contributed by atoms with E-state index in [1.807, 2.05) is 47.3 Å². The van der Waals surface area contributed by atoms with Gasteiger partial charge in [-0.2, -0.15) is 5.10 Å². The van der Waals surface area contributed by atoms with E-state index < -0.39 is 0 Å². The summed E-state index contributed by atoms with van der Waals surface area (Å²) in [5.74, 6) is 1.61. The molecule has 2 heterocycles. The van der Waals surface area contributed by atoms with E-state index in [1.54, 1.807) is 18.0 Å². The number of hydrogen-bond acceptors (Lipinski definition) is 4. The van der Waals surface area contributed by atoms with E-state index in [-0.39, 0.29) is 0 Å². The first-order valence-electron chi connectivity index (χ1n) is 8.76. The second kappa shape index (κ2) is 8.46. The van der Waals surface area contributed by atoms with Crippen molar-refractivity contribution in [1.29, 1.82) is 0 Å². The molecule has 0 N–H and O–H groups in total. The fourth-order valence-electron chi connectivity index (χ4n) is 2.82. The Morgan fingerprint density at radius 3 is 2.50 bits per heavy atom. The summed E-state index contributed by atoms with van der Waals surface area (Å²) >= 11 is 7.65. The second-order valence-corrected chi connectivity index (χ2v) is 7.50. The van der Waals surface area contributed by atoms with E-state index in [0.29, 0.717) is 11.6 Å². The van der Waals surface area contributed by atoms with Gasteiger partial charge in [-0.25, -0.2) is 4.68 Å². The van der Waals surface area contributed by atoms with Gasteiger partial charge in [0, 0.05) is 35.3 Å². The minimum Gasteiger partial charge on any atom is -0.298 e. The van der Waals surface area contributed by atoms with Gasteiger partial charge in [0.1, 0.15) is 0 Å². The molecule has 0 radical (unpaired) electrons. The summed E-state index contributed by atoms with van der Waals surface area (Å²) in [7, 11) is 0. The molecule has 0 atom stereocenters. The Morgan fingerprint density at radius 1 is 1.04 bits per heavy atom. The first-order valence-corrected chi connectivity index (χ1v) is 10.1. The number of rotatable bonds is 7. The molecule has 0 aliphatic heterocycles. The molecule has 2 aromatic carbocycles. The zero-order valence-electron chi connectivity index (χ0n) is 15.1. The summed E-state index contributed by atoms with van der Waals surface area (Å²) in [6.07, 6.45) is 5.56. The third kappa shape index (κ3) is 4.03. The van der Waals surface area contributed by atoms with E-state index in [1.165, 1.54) is 5.56 Å². The highest BCUT2D eigenvalue weighted by molar-refractivity contribution is 7.98. The smallest absolute Gasteiger partial charge is 0.192 e. The Balaban J connectivity index is 1.51. The van der Waals surface area contributed by atoms with Gasteiger partial charge >= 0.3 is 0 Å². The maximum atomic E-state index is 6.00. The Labute approximate surface area is 172 Å². The largest absolute Gasteiger partial charge is 0.298 e. The number of nitrogens with zero attached hydrogens (tertiary/aromatic N) is 5. The van der Waals surface area contributed by atoms with Crippen LogP contribution in [0, 0.1) is 0 Å². The first kappa shape index (κ1) is 18.5. The molecule has 0 saturated heterocycles. The molecular formula is C21H18ClN5S. The van der Waals surface area contributed by atoms with Crippen LogP contribution in [-0.4, -0.2) is 24.5 Å². The van der Waals surface area contributed by atoms with Crippen LogP contribution < -0.4 is 0 Å². The van der Waals surface area contributed by atoms with Crippen molar-refractivity contribution in [3.05, 3.63) is 90.2 Å². The quantitative estimate of drug-likeness (QED) is 0.309. The Hall–Kier alpha value is -2.83. The molecule has 0 unspecified atom stereocenters. The molecule has 0 aliphatic rings. The molecule has 2 aromatic heterocycles. The van der Waals surface area contributed by atoms with Crippen molar-refractivity contribution >= 4 is 23.4 Å². The van der Waals surface area contributed by atoms with Crippen molar-refractivity contribution in [2.24, 2.45) is 0 Å². The number of allylic oxidation sites excluding steroid dienone is 1. The van der Waals surface area contributed by atoms with Gasteiger partial charge in [0.2, 0.25) is 0 Å². The molecule has 140 valence electrons. The SMILES string of the molecule is C=CCn1c(SCc2ccc(-n3cccn3)cc2)nnc1-c1ccc(Cl)cc1. The first-order chi connectivity index (χ1) is 13.7. The maximum absolute atomic E-state index is 6.00. The van der Waals surface area contributed by atoms with Crippen LogP contribution in [0.25, 0.3) is 17.1 Å². The topological polar surface area (TPSA) is 48.5 Å². The fraction of sp³-hybridized carbons (Fsp3) is 0.0952. The zero-order valence-corrected chi connectivity index (χ0v) is 16.6. The molecule has 7 heteroatoms. The maximum Gasteiger partial charge on any atom is 0.192 e. The van der Waals surface area contributed by atoms with Gasteiger partial charge < -0.3 is 0 Å². The summed E-state index contributed by atoms with van der Waals surface area (Å²) in [5.41, 5.74) is 3.23. The van der Waals surface area contributed by atoms with E-state index >= 15 is 0 Å². The third-order valence-electron chi connectivity index (χ3n) is 4.20. The standard InChI is InChI=1S/C21H18ClN5S/c1-2-13-26-20(17-6-8-18(22)9-7-17)24-25-21(26)28-15-16-4-10-19(11-5-16)27-14-3-12-23-27/h2-12,14H,1,13,15H2. The van der Waals surface area contributed by atoms with Crippen molar-refractivity contribution in [3.8, 4) is 17.1 Å². The predicted molar refractivity (Wildman–Crippen MR) is 114 cm³/mol. The number of benzene rings is 2. The van der Waals surface area contributed by atoms with Gasteiger partial charge in [-0.05, 0) is 48.0 Å². The normalized spacial score (nSPS) is 10.9. The average molecular weight is 408 g/mol. The third-order valence-corrected chi connectivity index (χ3v) is 5.49. The molecule has 0 aliphatic carbocycles. The summed E-state index contributed by atoms with van der Waals surface area (Å²) < 4.78 is 3.91. The van der Waals surface area contributed by atoms with E-state index in [0.717, 1.165) is 28.0 Å². The van der Waals surface area contributed by atoms with Crippen molar-refractivity contribution in [3.63, 3.8) is 0 Å². The number of thioether (sulfide) groups is 1. The van der Waals surface area contributed by atoms with Gasteiger partial charge in [-0.1, -0.05) is 41.6 Å². The van der Waals surface area contributed by atoms with Crippen LogP contribution in [-0.2, 0) is 12.3 Å². The highest BCUT2D eigenvalue weighted by Gasteiger charge is 2.13. The molecule has 0 bridgehead atoms. The van der Waals surface area contributed by atoms with Gasteiger partial charge in [0.25, 0.3) is 0 Å². The highest BCUT2D eigenvalue weighted by atomic mass is 35.5. The van der Waals surface area contributed by atoms with Crippen molar-refractivity contribution in [1.82, 2.24) is 24.5 Å². The highest BCUT2D eigenvalue weighted by Crippen LogP contribution is 2.27. The van der Waals surface area contributed by atoms with E-state index in [4.69, 9.17) is 11.6 Å². The lowest BCUT2D eigenvalue weighted by atomic mass is 10.2. The lowest BCUT2D eigenvalue weighted by Gasteiger charge is -2.08. The molecule has 28 heavy (non-hydrogen) atoms. The number of aromatic nitrogens is 5. The van der Waals surface area contributed by atoms with Crippen molar-refractivity contribution in [2.75, 3.05) is 0 Å². The van der Waals surface area contributed by atoms with Crippen LogP contribution in [0.15, 0.2) is 84.8 Å². The molecule has 0 saturated carbocycles. The average Bonchev–Trinajstić information content (AvgIpc) is 3.38. The van der Waals surface area contributed by atoms with Crippen LogP contribution in [0.5, 0.6) is 0 Å². The van der Waals surface area contributed by atoms with E-state index in [9.17, 15) is 0 Å². The zero-order chi connectivity index (χ0) is 19.3. The summed E-state index contributed by atoms with van der Waals surface area (Å²) in [6.45, 7) is 4.51. The van der Waals surface area contributed by atoms with Crippen molar-refractivity contribution < 1.29 is 0 Å². The van der Waals surface area contributed by atoms with Crippen LogP contribution >= 0.6 is 23.4 Å². The van der Waals surface area contributed by atoms with Crippen LogP contribution in [0.3, 0.4) is 0 Å². The predicted octanol–water partition coefficient (Wildman–Crippen LogP) is 5.26. The molecule has 4 aromatic rings. The summed E-state index contributed by atoms with van der Waals surface area (Å²) in [4.78, 5) is 0. The minimum atomic E-state index is 0.644. The molecule has 5 nitrogen and oxygen atoms in total. The monoisotopic (exact) mass is 407 g/mol. The van der Waals surface area contributed by atoms with Crippen LogP contribution in [0.1, 0.15) is 5.56 Å². The molecule has 0 amide bonds.